The van der Waals surface area contributed by atoms with Gasteiger partial charge in [-0.2, -0.15) is 0 Å². The molecule has 1 aliphatic rings. The van der Waals surface area contributed by atoms with Gasteiger partial charge in [0.05, 0.1) is 13.2 Å². The first kappa shape index (κ1) is 14.8. The zero-order valence-corrected chi connectivity index (χ0v) is 11.9. The number of morpholine rings is 1. The van der Waals surface area contributed by atoms with Crippen LogP contribution in [0, 0.1) is 0 Å². The Kier molecular flexibility index (Phi) is 5.38. The highest BCUT2D eigenvalue weighted by Crippen LogP contribution is 2.19. The number of hydrogen-bond acceptors (Lipinski definition) is 4. The van der Waals surface area contributed by atoms with Crippen LogP contribution in [0.15, 0.2) is 24.3 Å². The van der Waals surface area contributed by atoms with E-state index in [1.54, 1.807) is 4.90 Å². The lowest BCUT2D eigenvalue weighted by molar-refractivity contribution is -0.137. The van der Waals surface area contributed by atoms with Gasteiger partial charge in [0.15, 0.2) is 6.61 Å². The number of para-hydroxylation sites is 1. The molecule has 0 saturated carbocycles. The summed E-state index contributed by atoms with van der Waals surface area (Å²) >= 11 is 0. The average molecular weight is 278 g/mol. The van der Waals surface area contributed by atoms with E-state index in [-0.39, 0.29) is 18.6 Å². The molecule has 0 spiro atoms. The van der Waals surface area contributed by atoms with Crippen LogP contribution in [0.25, 0.3) is 0 Å². The number of carbonyl (C=O) groups is 1. The summed E-state index contributed by atoms with van der Waals surface area (Å²) in [4.78, 5) is 13.8. The number of hydrogen-bond donors (Lipinski definition) is 1. The van der Waals surface area contributed by atoms with E-state index in [1.807, 2.05) is 31.2 Å². The van der Waals surface area contributed by atoms with Gasteiger partial charge in [-0.1, -0.05) is 18.2 Å². The highest BCUT2D eigenvalue weighted by Gasteiger charge is 2.17. The molecule has 1 atom stereocenters. The van der Waals surface area contributed by atoms with Crippen molar-refractivity contribution in [3.8, 4) is 5.75 Å². The summed E-state index contributed by atoms with van der Waals surface area (Å²) in [7, 11) is 0. The fourth-order valence-electron chi connectivity index (χ4n) is 2.20. The number of ether oxygens (including phenoxy) is 2. The summed E-state index contributed by atoms with van der Waals surface area (Å²) < 4.78 is 10.9. The van der Waals surface area contributed by atoms with Crippen LogP contribution >= 0.6 is 0 Å². The molecule has 0 bridgehead atoms. The SMILES string of the molecule is CC(N)Cc1ccccc1OCC(=O)N1CCOCC1. The molecule has 5 nitrogen and oxygen atoms in total. The van der Waals surface area contributed by atoms with Crippen LogP contribution in [0.2, 0.25) is 0 Å². The molecule has 1 unspecified atom stereocenters. The second-order valence-electron chi connectivity index (χ2n) is 5.07. The van der Waals surface area contributed by atoms with Crippen molar-refractivity contribution in [3.05, 3.63) is 29.8 Å². The van der Waals surface area contributed by atoms with Crippen molar-refractivity contribution in [2.24, 2.45) is 5.73 Å². The van der Waals surface area contributed by atoms with E-state index in [9.17, 15) is 4.79 Å². The van der Waals surface area contributed by atoms with Crippen LogP contribution < -0.4 is 10.5 Å². The minimum atomic E-state index is 0.00361. The van der Waals surface area contributed by atoms with Crippen molar-refractivity contribution >= 4 is 5.91 Å². The highest BCUT2D eigenvalue weighted by molar-refractivity contribution is 5.77. The van der Waals surface area contributed by atoms with E-state index >= 15 is 0 Å². The van der Waals surface area contributed by atoms with Gasteiger partial charge in [-0.15, -0.1) is 0 Å². The number of amides is 1. The molecule has 1 aromatic carbocycles. The van der Waals surface area contributed by atoms with Gasteiger partial charge in [0.2, 0.25) is 0 Å². The van der Waals surface area contributed by atoms with Crippen LogP contribution in [0.1, 0.15) is 12.5 Å². The fourth-order valence-corrected chi connectivity index (χ4v) is 2.20. The maximum atomic E-state index is 12.0. The van der Waals surface area contributed by atoms with Gasteiger partial charge in [-0.05, 0) is 25.0 Å². The third-order valence-electron chi connectivity index (χ3n) is 3.23. The Bertz CT molecular complexity index is 442. The zero-order chi connectivity index (χ0) is 14.4. The second kappa shape index (κ2) is 7.26. The van der Waals surface area contributed by atoms with Gasteiger partial charge >= 0.3 is 0 Å². The highest BCUT2D eigenvalue weighted by atomic mass is 16.5. The molecule has 1 aromatic rings. The van der Waals surface area contributed by atoms with Crippen molar-refractivity contribution in [1.29, 1.82) is 0 Å². The Morgan fingerprint density at radius 2 is 2.10 bits per heavy atom. The Morgan fingerprint density at radius 1 is 1.40 bits per heavy atom. The van der Waals surface area contributed by atoms with E-state index in [4.69, 9.17) is 15.2 Å². The summed E-state index contributed by atoms with van der Waals surface area (Å²) in [5, 5.41) is 0. The quantitative estimate of drug-likeness (QED) is 0.866. The molecule has 0 aliphatic carbocycles. The van der Waals surface area contributed by atoms with E-state index in [0.717, 1.165) is 17.7 Å². The molecule has 110 valence electrons. The number of carbonyl (C=O) groups excluding carboxylic acids is 1. The summed E-state index contributed by atoms with van der Waals surface area (Å²) in [6.07, 6.45) is 0.738. The first-order valence-corrected chi connectivity index (χ1v) is 6.98. The predicted octanol–water partition coefficient (Wildman–Crippen LogP) is 0.814. The van der Waals surface area contributed by atoms with Crippen molar-refractivity contribution in [3.63, 3.8) is 0 Å². The van der Waals surface area contributed by atoms with E-state index in [0.29, 0.717) is 26.3 Å². The summed E-state index contributed by atoms with van der Waals surface area (Å²) in [6.45, 7) is 4.51. The van der Waals surface area contributed by atoms with Crippen molar-refractivity contribution in [2.75, 3.05) is 32.9 Å². The van der Waals surface area contributed by atoms with E-state index in [2.05, 4.69) is 0 Å². The van der Waals surface area contributed by atoms with Crippen LogP contribution in [0.4, 0.5) is 0 Å². The van der Waals surface area contributed by atoms with Crippen LogP contribution in [-0.2, 0) is 16.0 Å². The summed E-state index contributed by atoms with van der Waals surface area (Å²) in [5.74, 6) is 0.746. The Hall–Kier alpha value is -1.59. The third kappa shape index (κ3) is 4.21. The minimum Gasteiger partial charge on any atom is -0.483 e. The van der Waals surface area contributed by atoms with Gasteiger partial charge in [0.1, 0.15) is 5.75 Å². The molecule has 0 aromatic heterocycles. The molecule has 5 heteroatoms. The molecule has 1 heterocycles. The summed E-state index contributed by atoms with van der Waals surface area (Å²) in [6, 6.07) is 7.78. The van der Waals surface area contributed by atoms with Crippen molar-refractivity contribution in [1.82, 2.24) is 4.90 Å². The number of rotatable bonds is 5. The largest absolute Gasteiger partial charge is 0.483 e. The third-order valence-corrected chi connectivity index (χ3v) is 3.23. The van der Waals surface area contributed by atoms with E-state index in [1.165, 1.54) is 0 Å². The first-order valence-electron chi connectivity index (χ1n) is 6.98. The van der Waals surface area contributed by atoms with Crippen molar-refractivity contribution < 1.29 is 14.3 Å². The van der Waals surface area contributed by atoms with Crippen molar-refractivity contribution in [2.45, 2.75) is 19.4 Å². The molecule has 1 amide bonds. The fraction of sp³-hybridized carbons (Fsp3) is 0.533. The smallest absolute Gasteiger partial charge is 0.260 e. The number of nitrogens with two attached hydrogens (primary N) is 1. The molecular weight excluding hydrogens is 256 g/mol. The number of nitrogens with zero attached hydrogens (tertiary/aromatic N) is 1. The molecule has 2 rings (SSSR count). The van der Waals surface area contributed by atoms with Gasteiger partial charge < -0.3 is 20.1 Å². The first-order chi connectivity index (χ1) is 9.66. The zero-order valence-electron chi connectivity index (χ0n) is 11.9. The molecule has 1 saturated heterocycles. The van der Waals surface area contributed by atoms with Crippen LogP contribution in [0.3, 0.4) is 0 Å². The Labute approximate surface area is 119 Å². The lowest BCUT2D eigenvalue weighted by Crippen LogP contribution is -2.43. The lowest BCUT2D eigenvalue weighted by Gasteiger charge is -2.26. The second-order valence-corrected chi connectivity index (χ2v) is 5.07. The van der Waals surface area contributed by atoms with Gasteiger partial charge in [-0.3, -0.25) is 4.79 Å². The maximum Gasteiger partial charge on any atom is 0.260 e. The average Bonchev–Trinajstić information content (AvgIpc) is 2.46. The monoisotopic (exact) mass is 278 g/mol. The standard InChI is InChI=1S/C15H22N2O3/c1-12(16)10-13-4-2-3-5-14(13)20-11-15(18)17-6-8-19-9-7-17/h2-5,12H,6-11,16H2,1H3. The minimum absolute atomic E-state index is 0.00361. The molecule has 1 aliphatic heterocycles. The van der Waals surface area contributed by atoms with Gasteiger partial charge in [-0.25, -0.2) is 0 Å². The van der Waals surface area contributed by atoms with E-state index < -0.39 is 0 Å². The Morgan fingerprint density at radius 3 is 2.80 bits per heavy atom. The topological polar surface area (TPSA) is 64.8 Å². The Balaban J connectivity index is 1.91. The van der Waals surface area contributed by atoms with Crippen LogP contribution in [0.5, 0.6) is 5.75 Å². The summed E-state index contributed by atoms with van der Waals surface area (Å²) in [5.41, 5.74) is 6.86. The molecular formula is C15H22N2O3. The molecule has 1 fully saturated rings. The lowest BCUT2D eigenvalue weighted by atomic mass is 10.1. The number of benzene rings is 1. The predicted molar refractivity (Wildman–Crippen MR) is 76.7 cm³/mol. The maximum absolute atomic E-state index is 12.0. The van der Waals surface area contributed by atoms with Gasteiger partial charge in [0.25, 0.3) is 5.91 Å². The molecule has 0 radical (unpaired) electrons. The molecule has 2 N–H and O–H groups in total. The normalized spacial score (nSPS) is 16.8. The van der Waals surface area contributed by atoms with Crippen LogP contribution in [-0.4, -0.2) is 49.8 Å². The van der Waals surface area contributed by atoms with Gasteiger partial charge in [0, 0.05) is 19.1 Å². The molecule has 20 heavy (non-hydrogen) atoms.